The van der Waals surface area contributed by atoms with Gasteiger partial charge in [0.2, 0.25) is 5.91 Å². The number of thiophene rings is 1. The number of aryl methyl sites for hydroxylation is 1. The van der Waals surface area contributed by atoms with Gasteiger partial charge in [-0.25, -0.2) is 4.79 Å². The summed E-state index contributed by atoms with van der Waals surface area (Å²) in [5.74, 6) is 0.271. The fourth-order valence-electron chi connectivity index (χ4n) is 4.16. The average Bonchev–Trinajstić information content (AvgIpc) is 3.31. The van der Waals surface area contributed by atoms with Crippen LogP contribution in [0.25, 0.3) is 0 Å². The number of rotatable bonds is 7. The summed E-state index contributed by atoms with van der Waals surface area (Å²) in [6.07, 6.45) is 2.25. The van der Waals surface area contributed by atoms with Crippen LogP contribution < -0.4 is 20.1 Å². The summed E-state index contributed by atoms with van der Waals surface area (Å²) in [5.41, 5.74) is 0.306. The zero-order valence-electron chi connectivity index (χ0n) is 17.5. The van der Waals surface area contributed by atoms with Crippen LogP contribution in [0, 0.1) is 0 Å². The minimum absolute atomic E-state index is 0.358. The van der Waals surface area contributed by atoms with Gasteiger partial charge >= 0.3 is 6.03 Å². The first kappa shape index (κ1) is 21.2. The van der Waals surface area contributed by atoms with Crippen molar-refractivity contribution in [1.82, 2.24) is 10.2 Å². The van der Waals surface area contributed by atoms with E-state index in [9.17, 15) is 14.4 Å². The van der Waals surface area contributed by atoms with Gasteiger partial charge < -0.3 is 20.1 Å². The zero-order chi connectivity index (χ0) is 22.0. The Bertz CT molecular complexity index is 1020. The van der Waals surface area contributed by atoms with Crippen LogP contribution in [0.1, 0.15) is 37.1 Å². The molecule has 2 aliphatic rings. The molecule has 8 nitrogen and oxygen atoms in total. The summed E-state index contributed by atoms with van der Waals surface area (Å²) in [5, 5.41) is 7.53. The summed E-state index contributed by atoms with van der Waals surface area (Å²) in [6, 6.07) is 6.43. The number of nitrogens with zero attached hydrogens (tertiary/aromatic N) is 1. The van der Waals surface area contributed by atoms with Crippen LogP contribution >= 0.6 is 11.3 Å². The fraction of sp³-hybridized carbons (Fsp3) is 0.409. The van der Waals surface area contributed by atoms with E-state index in [0.29, 0.717) is 36.8 Å². The smallest absolute Gasteiger partial charge is 0.325 e. The van der Waals surface area contributed by atoms with E-state index in [1.165, 1.54) is 0 Å². The van der Waals surface area contributed by atoms with Gasteiger partial charge in [0, 0.05) is 22.2 Å². The minimum Gasteiger partial charge on any atom is -0.490 e. The third kappa shape index (κ3) is 3.85. The number of anilines is 1. The van der Waals surface area contributed by atoms with Crippen molar-refractivity contribution in [3.8, 4) is 11.5 Å². The van der Waals surface area contributed by atoms with Gasteiger partial charge in [-0.15, -0.1) is 11.3 Å². The maximum Gasteiger partial charge on any atom is 0.325 e. The van der Waals surface area contributed by atoms with Crippen LogP contribution in [-0.2, 0) is 21.5 Å². The Labute approximate surface area is 184 Å². The summed E-state index contributed by atoms with van der Waals surface area (Å²) in [4.78, 5) is 40.6. The van der Waals surface area contributed by atoms with Gasteiger partial charge in [-0.1, -0.05) is 0 Å². The number of hydrogen-bond acceptors (Lipinski definition) is 6. The van der Waals surface area contributed by atoms with Gasteiger partial charge in [0.05, 0.1) is 13.2 Å². The lowest BCUT2D eigenvalue weighted by molar-refractivity contribution is -0.134. The monoisotopic (exact) mass is 443 g/mol. The van der Waals surface area contributed by atoms with Crippen molar-refractivity contribution in [1.29, 1.82) is 0 Å². The lowest BCUT2D eigenvalue weighted by Crippen LogP contribution is -2.46. The molecular formula is C22H25N3O5S. The molecule has 1 atom stereocenters. The second-order valence-corrected chi connectivity index (χ2v) is 8.41. The third-order valence-corrected chi connectivity index (χ3v) is 6.45. The molecule has 1 fully saturated rings. The van der Waals surface area contributed by atoms with Crippen LogP contribution in [0.2, 0.25) is 0 Å². The minimum atomic E-state index is -1.05. The van der Waals surface area contributed by atoms with E-state index in [-0.39, 0.29) is 12.5 Å². The van der Waals surface area contributed by atoms with E-state index in [4.69, 9.17) is 9.47 Å². The Morgan fingerprint density at radius 1 is 1.19 bits per heavy atom. The summed E-state index contributed by atoms with van der Waals surface area (Å²) < 4.78 is 11.1. The molecule has 1 unspecified atom stereocenters. The van der Waals surface area contributed by atoms with Crippen molar-refractivity contribution in [3.63, 3.8) is 0 Å². The van der Waals surface area contributed by atoms with Crippen LogP contribution in [0.3, 0.4) is 0 Å². The molecule has 1 aromatic heterocycles. The number of fused-ring (bicyclic) bond motifs is 2. The summed E-state index contributed by atoms with van der Waals surface area (Å²) in [7, 11) is 0. The molecule has 0 radical (unpaired) electrons. The molecule has 2 heterocycles. The van der Waals surface area contributed by atoms with E-state index in [2.05, 4.69) is 10.6 Å². The Morgan fingerprint density at radius 3 is 2.74 bits per heavy atom. The van der Waals surface area contributed by atoms with Gasteiger partial charge in [0.15, 0.2) is 11.5 Å². The standard InChI is InChI=1S/C22H25N3O5S/c1-3-29-16-8-7-14(12-17(16)30-4-2)23-19(26)13-25-20(27)22(24-21(25)28)10-5-6-18-15(22)9-11-31-18/h7-9,11-12H,3-6,10,13H2,1-2H3,(H,23,26)(H,24,28). The molecule has 1 aliphatic carbocycles. The van der Waals surface area contributed by atoms with Gasteiger partial charge in [-0.05, 0) is 56.7 Å². The first-order chi connectivity index (χ1) is 15.0. The highest BCUT2D eigenvalue weighted by molar-refractivity contribution is 7.10. The Kier molecular flexibility index (Phi) is 5.86. The van der Waals surface area contributed by atoms with Crippen molar-refractivity contribution in [3.05, 3.63) is 40.1 Å². The van der Waals surface area contributed by atoms with E-state index in [1.54, 1.807) is 29.5 Å². The molecule has 1 aromatic carbocycles. The second-order valence-electron chi connectivity index (χ2n) is 7.41. The van der Waals surface area contributed by atoms with E-state index in [1.807, 2.05) is 25.3 Å². The number of imide groups is 1. The Balaban J connectivity index is 1.48. The van der Waals surface area contributed by atoms with E-state index in [0.717, 1.165) is 28.2 Å². The molecule has 2 aromatic rings. The van der Waals surface area contributed by atoms with Crippen LogP contribution in [0.4, 0.5) is 10.5 Å². The average molecular weight is 444 g/mol. The van der Waals surface area contributed by atoms with Gasteiger partial charge in [-0.3, -0.25) is 14.5 Å². The number of nitrogens with one attached hydrogen (secondary N) is 2. The topological polar surface area (TPSA) is 97.0 Å². The zero-order valence-corrected chi connectivity index (χ0v) is 18.3. The number of urea groups is 1. The molecule has 0 saturated carbocycles. The highest BCUT2D eigenvalue weighted by Gasteiger charge is 2.54. The fourth-order valence-corrected chi connectivity index (χ4v) is 5.16. The maximum atomic E-state index is 13.2. The maximum absolute atomic E-state index is 13.2. The molecule has 2 N–H and O–H groups in total. The third-order valence-electron chi connectivity index (χ3n) is 5.47. The molecule has 1 spiro atoms. The molecule has 164 valence electrons. The van der Waals surface area contributed by atoms with Crippen LogP contribution in [-0.4, -0.2) is 42.5 Å². The molecule has 4 rings (SSSR count). The van der Waals surface area contributed by atoms with E-state index >= 15 is 0 Å². The normalized spacial score (nSPS) is 19.9. The molecule has 9 heteroatoms. The SMILES string of the molecule is CCOc1ccc(NC(=O)CN2C(=O)NC3(CCCc4sccc43)C2=O)cc1OCC. The molecule has 31 heavy (non-hydrogen) atoms. The number of ether oxygens (including phenoxy) is 2. The van der Waals surface area contributed by atoms with Crippen molar-refractivity contribution >= 4 is 34.9 Å². The molecular weight excluding hydrogens is 418 g/mol. The van der Waals surface area contributed by atoms with Gasteiger partial charge in [-0.2, -0.15) is 0 Å². The van der Waals surface area contributed by atoms with Crippen molar-refractivity contribution in [2.75, 3.05) is 25.1 Å². The largest absolute Gasteiger partial charge is 0.490 e. The number of benzene rings is 1. The number of carbonyl (C=O) groups excluding carboxylic acids is 3. The quantitative estimate of drug-likeness (QED) is 0.640. The van der Waals surface area contributed by atoms with Crippen molar-refractivity contribution < 1.29 is 23.9 Å². The summed E-state index contributed by atoms with van der Waals surface area (Å²) >= 11 is 1.59. The first-order valence-electron chi connectivity index (χ1n) is 10.4. The number of amides is 4. The predicted octanol–water partition coefficient (Wildman–Crippen LogP) is 3.27. The van der Waals surface area contributed by atoms with Gasteiger partial charge in [0.1, 0.15) is 12.1 Å². The molecule has 4 amide bonds. The highest BCUT2D eigenvalue weighted by Crippen LogP contribution is 2.42. The molecule has 1 saturated heterocycles. The number of hydrogen-bond donors (Lipinski definition) is 2. The van der Waals surface area contributed by atoms with E-state index < -0.39 is 17.5 Å². The van der Waals surface area contributed by atoms with Crippen molar-refractivity contribution in [2.45, 2.75) is 38.6 Å². The predicted molar refractivity (Wildman–Crippen MR) is 117 cm³/mol. The molecule has 0 bridgehead atoms. The Morgan fingerprint density at radius 2 is 1.97 bits per heavy atom. The lowest BCUT2D eigenvalue weighted by Gasteiger charge is -2.31. The second kappa shape index (κ2) is 8.58. The number of carbonyl (C=O) groups is 3. The van der Waals surface area contributed by atoms with Crippen molar-refractivity contribution in [2.24, 2.45) is 0 Å². The summed E-state index contributed by atoms with van der Waals surface area (Å²) in [6.45, 7) is 4.32. The van der Waals surface area contributed by atoms with Crippen LogP contribution in [0.5, 0.6) is 11.5 Å². The van der Waals surface area contributed by atoms with Gasteiger partial charge in [0.25, 0.3) is 5.91 Å². The highest BCUT2D eigenvalue weighted by atomic mass is 32.1. The first-order valence-corrected chi connectivity index (χ1v) is 11.3. The molecule has 1 aliphatic heterocycles. The Hall–Kier alpha value is -3.07. The van der Waals surface area contributed by atoms with Crippen LogP contribution in [0.15, 0.2) is 29.6 Å². The lowest BCUT2D eigenvalue weighted by atomic mass is 9.80.